The first-order valence-corrected chi connectivity index (χ1v) is 7.50. The highest BCUT2D eigenvalue weighted by atomic mass is 32.2. The summed E-state index contributed by atoms with van der Waals surface area (Å²) < 4.78 is 5.24. The van der Waals surface area contributed by atoms with Crippen molar-refractivity contribution in [2.75, 3.05) is 7.11 Å². The van der Waals surface area contributed by atoms with Crippen molar-refractivity contribution in [1.29, 1.82) is 0 Å². The molecule has 0 amide bonds. The first-order valence-electron chi connectivity index (χ1n) is 6.52. The van der Waals surface area contributed by atoms with E-state index in [4.69, 9.17) is 9.84 Å². The number of aryl methyl sites for hydroxylation is 1. The van der Waals surface area contributed by atoms with Crippen molar-refractivity contribution in [3.8, 4) is 5.75 Å². The SMILES string of the molecule is COc1cc(C)nc(CSc2ccc(CC(=O)O)cc2)c1. The first kappa shape index (κ1) is 15.4. The molecule has 0 spiro atoms. The smallest absolute Gasteiger partial charge is 0.307 e. The van der Waals surface area contributed by atoms with Gasteiger partial charge >= 0.3 is 5.97 Å². The van der Waals surface area contributed by atoms with Gasteiger partial charge in [-0.05, 0) is 24.6 Å². The fourth-order valence-electron chi connectivity index (χ4n) is 1.93. The van der Waals surface area contributed by atoms with Crippen molar-refractivity contribution in [3.05, 3.63) is 53.3 Å². The lowest BCUT2D eigenvalue weighted by Crippen LogP contribution is -1.99. The van der Waals surface area contributed by atoms with Crippen LogP contribution in [0.5, 0.6) is 5.75 Å². The summed E-state index contributed by atoms with van der Waals surface area (Å²) in [6.45, 7) is 1.94. The molecule has 1 aromatic heterocycles. The summed E-state index contributed by atoms with van der Waals surface area (Å²) in [5.74, 6) is 0.748. The summed E-state index contributed by atoms with van der Waals surface area (Å²) in [5.41, 5.74) is 2.70. The van der Waals surface area contributed by atoms with E-state index in [-0.39, 0.29) is 6.42 Å². The van der Waals surface area contributed by atoms with Gasteiger partial charge in [0.25, 0.3) is 0 Å². The first-order chi connectivity index (χ1) is 10.1. The zero-order valence-corrected chi connectivity index (χ0v) is 12.8. The Bertz CT molecular complexity index is 626. The maximum atomic E-state index is 10.6. The molecular weight excluding hydrogens is 286 g/mol. The van der Waals surface area contributed by atoms with Crippen LogP contribution in [0, 0.1) is 6.92 Å². The van der Waals surface area contributed by atoms with Crippen LogP contribution in [-0.4, -0.2) is 23.2 Å². The molecule has 4 nitrogen and oxygen atoms in total. The van der Waals surface area contributed by atoms with E-state index in [9.17, 15) is 4.79 Å². The Morgan fingerprint density at radius 1 is 1.29 bits per heavy atom. The summed E-state index contributed by atoms with van der Waals surface area (Å²) in [6.07, 6.45) is 0.0571. The van der Waals surface area contributed by atoms with Crippen molar-refractivity contribution in [2.24, 2.45) is 0 Å². The summed E-state index contributed by atoms with van der Waals surface area (Å²) in [5, 5.41) is 8.74. The zero-order chi connectivity index (χ0) is 15.2. The summed E-state index contributed by atoms with van der Waals surface area (Å²) >= 11 is 1.66. The van der Waals surface area contributed by atoms with Crippen LogP contribution in [-0.2, 0) is 17.0 Å². The highest BCUT2D eigenvalue weighted by molar-refractivity contribution is 7.98. The van der Waals surface area contributed by atoms with Gasteiger partial charge in [0.2, 0.25) is 0 Å². The minimum atomic E-state index is -0.813. The van der Waals surface area contributed by atoms with Crippen LogP contribution in [0.3, 0.4) is 0 Å². The second kappa shape index (κ2) is 7.13. The number of aromatic nitrogens is 1. The number of carboxylic acids is 1. The van der Waals surface area contributed by atoms with Gasteiger partial charge in [-0.25, -0.2) is 0 Å². The van der Waals surface area contributed by atoms with E-state index in [0.29, 0.717) is 0 Å². The van der Waals surface area contributed by atoms with Gasteiger partial charge < -0.3 is 9.84 Å². The number of nitrogens with zero attached hydrogens (tertiary/aromatic N) is 1. The van der Waals surface area contributed by atoms with Crippen LogP contribution in [0.15, 0.2) is 41.3 Å². The number of carboxylic acid groups (broad SMARTS) is 1. The van der Waals surface area contributed by atoms with E-state index in [1.807, 2.05) is 43.3 Å². The molecular formula is C16H17NO3S. The molecule has 0 aliphatic rings. The van der Waals surface area contributed by atoms with Crippen molar-refractivity contribution in [2.45, 2.75) is 24.0 Å². The minimum absolute atomic E-state index is 0.0571. The molecule has 0 aliphatic carbocycles. The van der Waals surface area contributed by atoms with Crippen LogP contribution in [0.25, 0.3) is 0 Å². The van der Waals surface area contributed by atoms with Crippen LogP contribution in [0.1, 0.15) is 17.0 Å². The number of aliphatic carboxylic acids is 1. The normalized spacial score (nSPS) is 10.4. The monoisotopic (exact) mass is 303 g/mol. The molecule has 0 aliphatic heterocycles. The topological polar surface area (TPSA) is 59.4 Å². The van der Waals surface area contributed by atoms with Crippen LogP contribution >= 0.6 is 11.8 Å². The Hall–Kier alpha value is -2.01. The Morgan fingerprint density at radius 2 is 2.00 bits per heavy atom. The van der Waals surface area contributed by atoms with E-state index < -0.39 is 5.97 Å². The molecule has 0 saturated carbocycles. The quantitative estimate of drug-likeness (QED) is 0.830. The summed E-state index contributed by atoms with van der Waals surface area (Å²) in [7, 11) is 1.65. The molecule has 0 atom stereocenters. The van der Waals surface area contributed by atoms with Gasteiger partial charge in [0.05, 0.1) is 19.2 Å². The van der Waals surface area contributed by atoms with Crippen molar-refractivity contribution in [1.82, 2.24) is 4.98 Å². The third kappa shape index (κ3) is 4.79. The Morgan fingerprint density at radius 3 is 2.62 bits per heavy atom. The Balaban J connectivity index is 1.99. The van der Waals surface area contributed by atoms with Gasteiger partial charge in [0, 0.05) is 28.5 Å². The lowest BCUT2D eigenvalue weighted by molar-refractivity contribution is -0.136. The molecule has 21 heavy (non-hydrogen) atoms. The second-order valence-corrected chi connectivity index (χ2v) is 5.69. The van der Waals surface area contributed by atoms with Gasteiger partial charge in [-0.2, -0.15) is 0 Å². The van der Waals surface area contributed by atoms with E-state index in [2.05, 4.69) is 4.98 Å². The van der Waals surface area contributed by atoms with Crippen LogP contribution in [0.4, 0.5) is 0 Å². The van der Waals surface area contributed by atoms with Crippen LogP contribution in [0.2, 0.25) is 0 Å². The van der Waals surface area contributed by atoms with Crippen LogP contribution < -0.4 is 4.74 Å². The molecule has 2 rings (SSSR count). The maximum Gasteiger partial charge on any atom is 0.307 e. The molecule has 1 aromatic carbocycles. The highest BCUT2D eigenvalue weighted by Crippen LogP contribution is 2.24. The fraction of sp³-hybridized carbons (Fsp3) is 0.250. The summed E-state index contributed by atoms with van der Waals surface area (Å²) in [4.78, 5) is 16.2. The van der Waals surface area contributed by atoms with Crippen molar-refractivity contribution >= 4 is 17.7 Å². The zero-order valence-electron chi connectivity index (χ0n) is 12.0. The average Bonchev–Trinajstić information content (AvgIpc) is 2.45. The number of methoxy groups -OCH3 is 1. The van der Waals surface area contributed by atoms with Gasteiger partial charge in [-0.1, -0.05) is 12.1 Å². The molecule has 0 unspecified atom stereocenters. The molecule has 2 aromatic rings. The van der Waals surface area contributed by atoms with Gasteiger partial charge in [0.1, 0.15) is 5.75 Å². The fourth-order valence-corrected chi connectivity index (χ4v) is 2.72. The van der Waals surface area contributed by atoms with Gasteiger partial charge in [-0.3, -0.25) is 9.78 Å². The average molecular weight is 303 g/mol. The molecule has 5 heteroatoms. The molecule has 1 N–H and O–H groups in total. The van der Waals surface area contributed by atoms with E-state index in [0.717, 1.165) is 33.3 Å². The molecule has 0 radical (unpaired) electrons. The molecule has 0 saturated heterocycles. The van der Waals surface area contributed by atoms with Crippen molar-refractivity contribution < 1.29 is 14.6 Å². The number of hydrogen-bond acceptors (Lipinski definition) is 4. The predicted octanol–water partition coefficient (Wildman–Crippen LogP) is 3.32. The van der Waals surface area contributed by atoms with Gasteiger partial charge in [-0.15, -0.1) is 11.8 Å². The van der Waals surface area contributed by atoms with Crippen molar-refractivity contribution in [3.63, 3.8) is 0 Å². The molecule has 0 fully saturated rings. The van der Waals surface area contributed by atoms with Gasteiger partial charge in [0.15, 0.2) is 0 Å². The number of hydrogen-bond donors (Lipinski definition) is 1. The number of ether oxygens (including phenoxy) is 1. The Kier molecular flexibility index (Phi) is 5.22. The lowest BCUT2D eigenvalue weighted by atomic mass is 10.2. The predicted molar refractivity (Wildman–Crippen MR) is 82.9 cm³/mol. The number of thioether (sulfide) groups is 1. The van der Waals surface area contributed by atoms with E-state index in [1.54, 1.807) is 18.9 Å². The Labute approximate surface area is 128 Å². The number of carbonyl (C=O) groups is 1. The molecule has 1 heterocycles. The van der Waals surface area contributed by atoms with E-state index in [1.165, 1.54) is 0 Å². The number of pyridine rings is 1. The summed E-state index contributed by atoms with van der Waals surface area (Å²) in [6, 6.07) is 11.4. The lowest BCUT2D eigenvalue weighted by Gasteiger charge is -2.06. The standard InChI is InChI=1S/C16H17NO3S/c1-11-7-14(20-2)9-13(17-11)10-21-15-5-3-12(4-6-15)8-16(18)19/h3-7,9H,8,10H2,1-2H3,(H,18,19). The molecule has 0 bridgehead atoms. The minimum Gasteiger partial charge on any atom is -0.497 e. The number of benzene rings is 1. The highest BCUT2D eigenvalue weighted by Gasteiger charge is 2.04. The van der Waals surface area contributed by atoms with E-state index >= 15 is 0 Å². The third-order valence-electron chi connectivity index (χ3n) is 2.88. The number of rotatable bonds is 6. The third-order valence-corrected chi connectivity index (χ3v) is 3.93. The maximum absolute atomic E-state index is 10.6. The second-order valence-electron chi connectivity index (χ2n) is 4.64. The molecule has 110 valence electrons. The largest absolute Gasteiger partial charge is 0.497 e.